The van der Waals surface area contributed by atoms with Gasteiger partial charge in [-0.25, -0.2) is 4.98 Å². The van der Waals surface area contributed by atoms with Gasteiger partial charge in [-0.3, -0.25) is 4.79 Å². The average molecular weight is 368 g/mol. The number of anilines is 1. The number of rotatable bonds is 4. The largest absolute Gasteiger partial charge is 0.369 e. The average Bonchev–Trinajstić information content (AvgIpc) is 2.87. The summed E-state index contributed by atoms with van der Waals surface area (Å²) < 4.78 is 0.979. The lowest BCUT2D eigenvalue weighted by atomic mass is 9.98. The minimum Gasteiger partial charge on any atom is -0.369 e. The molecule has 21 heavy (non-hydrogen) atoms. The third kappa shape index (κ3) is 4.04. The first-order chi connectivity index (χ1) is 9.77. The fourth-order valence-corrected chi connectivity index (χ4v) is 2.96. The second-order valence-electron chi connectivity index (χ2n) is 5.81. The van der Waals surface area contributed by atoms with Crippen LogP contribution in [0.4, 0.5) is 5.69 Å². The van der Waals surface area contributed by atoms with Gasteiger partial charge in [0.05, 0.1) is 10.7 Å². The summed E-state index contributed by atoms with van der Waals surface area (Å²) in [6, 6.07) is 6.96. The molecule has 1 aromatic heterocycles. The van der Waals surface area contributed by atoms with E-state index >= 15 is 0 Å². The zero-order valence-electron chi connectivity index (χ0n) is 12.2. The molecule has 4 nitrogen and oxygen atoms in total. The molecule has 0 aliphatic rings. The van der Waals surface area contributed by atoms with E-state index in [9.17, 15) is 4.79 Å². The number of nitrogens with two attached hydrogens (primary N) is 1. The molecular formula is C15H18BrN3OS. The van der Waals surface area contributed by atoms with Gasteiger partial charge in [-0.15, -0.1) is 11.3 Å². The van der Waals surface area contributed by atoms with Crippen molar-refractivity contribution < 1.29 is 4.79 Å². The summed E-state index contributed by atoms with van der Waals surface area (Å²) in [5.74, 6) is -0.441. The zero-order valence-corrected chi connectivity index (χ0v) is 14.6. The zero-order chi connectivity index (χ0) is 15.6. The number of hydrogen-bond donors (Lipinski definition) is 2. The number of carbonyl (C=O) groups excluding carboxylic acids is 1. The summed E-state index contributed by atoms with van der Waals surface area (Å²) in [5.41, 5.74) is 6.97. The van der Waals surface area contributed by atoms with Crippen LogP contribution in [0, 0.1) is 0 Å². The monoisotopic (exact) mass is 367 g/mol. The Kier molecular flexibility index (Phi) is 4.68. The fraction of sp³-hybridized carbons (Fsp3) is 0.333. The molecule has 6 heteroatoms. The van der Waals surface area contributed by atoms with Crippen molar-refractivity contribution in [1.82, 2.24) is 4.98 Å². The Bertz CT molecular complexity index is 631. The number of nitrogens with one attached hydrogen (secondary N) is 1. The van der Waals surface area contributed by atoms with Gasteiger partial charge >= 0.3 is 0 Å². The number of hydrogen-bond acceptors (Lipinski definition) is 4. The van der Waals surface area contributed by atoms with Gasteiger partial charge in [-0.2, -0.15) is 0 Å². The Morgan fingerprint density at radius 1 is 1.33 bits per heavy atom. The first kappa shape index (κ1) is 16.0. The van der Waals surface area contributed by atoms with Gasteiger partial charge in [-0.05, 0) is 24.3 Å². The number of nitrogens with zero attached hydrogens (tertiary/aromatic N) is 1. The molecule has 0 aliphatic carbocycles. The van der Waals surface area contributed by atoms with Crippen molar-refractivity contribution in [2.24, 2.45) is 5.73 Å². The van der Waals surface area contributed by atoms with Gasteiger partial charge in [0.1, 0.15) is 6.04 Å². The van der Waals surface area contributed by atoms with E-state index in [-0.39, 0.29) is 5.41 Å². The molecule has 0 spiro atoms. The number of thiazole rings is 1. The van der Waals surface area contributed by atoms with E-state index in [1.807, 2.05) is 29.6 Å². The van der Waals surface area contributed by atoms with Crippen LogP contribution in [0.1, 0.15) is 37.5 Å². The van der Waals surface area contributed by atoms with Crippen molar-refractivity contribution >= 4 is 38.9 Å². The summed E-state index contributed by atoms with van der Waals surface area (Å²) in [7, 11) is 0. The maximum Gasteiger partial charge on any atom is 0.246 e. The number of primary amides is 1. The van der Waals surface area contributed by atoms with Crippen molar-refractivity contribution in [3.63, 3.8) is 0 Å². The standard InChI is InChI=1S/C15H18BrN3OS/c1-15(2,3)14-19-11(8-21-14)12(13(17)20)18-10-6-4-9(16)5-7-10/h4-8,12,18H,1-3H3,(H2,17,20). The van der Waals surface area contributed by atoms with E-state index in [1.54, 1.807) is 11.3 Å². The highest BCUT2D eigenvalue weighted by molar-refractivity contribution is 9.10. The van der Waals surface area contributed by atoms with Crippen LogP contribution in [0.2, 0.25) is 0 Å². The maximum atomic E-state index is 11.7. The maximum absolute atomic E-state index is 11.7. The van der Waals surface area contributed by atoms with Gasteiger partial charge in [0, 0.05) is 21.0 Å². The summed E-state index contributed by atoms with van der Waals surface area (Å²) in [4.78, 5) is 16.3. The molecule has 0 saturated heterocycles. The normalized spacial score (nSPS) is 13.0. The van der Waals surface area contributed by atoms with Crippen LogP contribution in [0.25, 0.3) is 0 Å². The highest BCUT2D eigenvalue weighted by atomic mass is 79.9. The fourth-order valence-electron chi connectivity index (χ4n) is 1.77. The molecule has 3 N–H and O–H groups in total. The highest BCUT2D eigenvalue weighted by Crippen LogP contribution is 2.29. The topological polar surface area (TPSA) is 68.0 Å². The molecule has 0 fully saturated rings. The minimum atomic E-state index is -0.626. The van der Waals surface area contributed by atoms with E-state index in [1.165, 1.54) is 0 Å². The number of carbonyl (C=O) groups is 1. The van der Waals surface area contributed by atoms with E-state index in [0.29, 0.717) is 5.69 Å². The van der Waals surface area contributed by atoms with E-state index in [0.717, 1.165) is 15.2 Å². The molecule has 1 atom stereocenters. The first-order valence-electron chi connectivity index (χ1n) is 6.54. The van der Waals surface area contributed by atoms with Crippen molar-refractivity contribution in [2.75, 3.05) is 5.32 Å². The lowest BCUT2D eigenvalue weighted by molar-refractivity contribution is -0.118. The molecule has 112 valence electrons. The first-order valence-corrected chi connectivity index (χ1v) is 8.22. The number of aromatic nitrogens is 1. The third-order valence-corrected chi connectivity index (χ3v) is 4.71. The van der Waals surface area contributed by atoms with Crippen LogP contribution in [0.3, 0.4) is 0 Å². The SMILES string of the molecule is CC(C)(C)c1nc(C(Nc2ccc(Br)cc2)C(N)=O)cs1. The Balaban J connectivity index is 2.25. The van der Waals surface area contributed by atoms with Crippen LogP contribution in [0.15, 0.2) is 34.1 Å². The second kappa shape index (κ2) is 6.15. The predicted octanol–water partition coefficient (Wildman–Crippen LogP) is 3.84. The Labute approximate surface area is 136 Å². The molecule has 1 unspecified atom stereocenters. The molecule has 0 radical (unpaired) electrons. The molecule has 2 rings (SSSR count). The van der Waals surface area contributed by atoms with E-state index in [2.05, 4.69) is 47.0 Å². The molecule has 1 amide bonds. The van der Waals surface area contributed by atoms with E-state index in [4.69, 9.17) is 5.73 Å². The third-order valence-electron chi connectivity index (χ3n) is 2.90. The van der Waals surface area contributed by atoms with Crippen molar-refractivity contribution in [3.05, 3.63) is 44.8 Å². The quantitative estimate of drug-likeness (QED) is 0.862. The molecular weight excluding hydrogens is 350 g/mol. The Hall–Kier alpha value is -1.40. The summed E-state index contributed by atoms with van der Waals surface area (Å²) in [5, 5.41) is 6.01. The Morgan fingerprint density at radius 2 is 1.95 bits per heavy atom. The van der Waals surface area contributed by atoms with Gasteiger partial charge in [0.2, 0.25) is 5.91 Å². The van der Waals surface area contributed by atoms with Crippen LogP contribution < -0.4 is 11.1 Å². The van der Waals surface area contributed by atoms with Crippen LogP contribution in [0.5, 0.6) is 0 Å². The lowest BCUT2D eigenvalue weighted by Crippen LogP contribution is -2.28. The molecule has 1 heterocycles. The van der Waals surface area contributed by atoms with Crippen LogP contribution in [-0.4, -0.2) is 10.9 Å². The molecule has 0 aliphatic heterocycles. The van der Waals surface area contributed by atoms with Crippen molar-refractivity contribution in [1.29, 1.82) is 0 Å². The smallest absolute Gasteiger partial charge is 0.246 e. The summed E-state index contributed by atoms with van der Waals surface area (Å²) in [6.07, 6.45) is 0. The van der Waals surface area contributed by atoms with Gasteiger partial charge < -0.3 is 11.1 Å². The van der Waals surface area contributed by atoms with Crippen molar-refractivity contribution in [3.8, 4) is 0 Å². The number of benzene rings is 1. The van der Waals surface area contributed by atoms with Gasteiger partial charge in [0.25, 0.3) is 0 Å². The van der Waals surface area contributed by atoms with Crippen LogP contribution in [-0.2, 0) is 10.2 Å². The lowest BCUT2D eigenvalue weighted by Gasteiger charge is -2.16. The second-order valence-corrected chi connectivity index (χ2v) is 7.59. The van der Waals surface area contributed by atoms with Crippen molar-refractivity contribution in [2.45, 2.75) is 32.2 Å². The number of halogens is 1. The summed E-state index contributed by atoms with van der Waals surface area (Å²) >= 11 is 4.93. The van der Waals surface area contributed by atoms with Gasteiger partial charge in [-0.1, -0.05) is 36.7 Å². The molecule has 2 aromatic rings. The van der Waals surface area contributed by atoms with Gasteiger partial charge in [0.15, 0.2) is 0 Å². The highest BCUT2D eigenvalue weighted by Gasteiger charge is 2.24. The van der Waals surface area contributed by atoms with Crippen LogP contribution >= 0.6 is 27.3 Å². The Morgan fingerprint density at radius 3 is 2.43 bits per heavy atom. The molecule has 0 bridgehead atoms. The van der Waals surface area contributed by atoms with E-state index < -0.39 is 11.9 Å². The number of amides is 1. The summed E-state index contributed by atoms with van der Waals surface area (Å²) in [6.45, 7) is 6.28. The molecule has 1 aromatic carbocycles. The predicted molar refractivity (Wildman–Crippen MR) is 90.5 cm³/mol. The molecule has 0 saturated carbocycles. The minimum absolute atomic E-state index is 0.0390.